The lowest BCUT2D eigenvalue weighted by atomic mass is 10.1. The number of alkyl halides is 3. The van der Waals surface area contributed by atoms with Crippen molar-refractivity contribution in [1.82, 2.24) is 0 Å². The Balaban J connectivity index is 3.49. The predicted octanol–water partition coefficient (Wildman–Crippen LogP) is 3.37. The zero-order valence-corrected chi connectivity index (χ0v) is 7.25. The van der Waals surface area contributed by atoms with E-state index in [1.54, 1.807) is 0 Å². The van der Waals surface area contributed by atoms with Crippen molar-refractivity contribution in [3.8, 4) is 6.07 Å². The van der Waals surface area contributed by atoms with Gasteiger partial charge < -0.3 is 0 Å². The van der Waals surface area contributed by atoms with Crippen LogP contribution >= 0.6 is 11.6 Å². The number of rotatable bonds is 0. The summed E-state index contributed by atoms with van der Waals surface area (Å²) >= 11 is 5.22. The van der Waals surface area contributed by atoms with Crippen molar-refractivity contribution in [2.75, 3.05) is 0 Å². The minimum Gasteiger partial charge on any atom is -0.204 e. The molecule has 1 rings (SSSR count). The van der Waals surface area contributed by atoms with Gasteiger partial charge in [0, 0.05) is 0 Å². The second-order valence-electron chi connectivity index (χ2n) is 2.39. The molecule has 0 saturated carbocycles. The molecule has 0 aromatic heterocycles. The monoisotopic (exact) mass is 223 g/mol. The van der Waals surface area contributed by atoms with Crippen LogP contribution < -0.4 is 0 Å². The molecule has 0 amide bonds. The van der Waals surface area contributed by atoms with E-state index in [0.29, 0.717) is 6.07 Å². The van der Waals surface area contributed by atoms with Gasteiger partial charge in [-0.1, -0.05) is 11.6 Å². The molecule has 14 heavy (non-hydrogen) atoms. The van der Waals surface area contributed by atoms with Gasteiger partial charge in [-0.2, -0.15) is 18.4 Å². The lowest BCUT2D eigenvalue weighted by molar-refractivity contribution is -0.138. The Morgan fingerprint density at radius 1 is 1.29 bits per heavy atom. The van der Waals surface area contributed by atoms with Crippen LogP contribution in [0.15, 0.2) is 12.1 Å². The van der Waals surface area contributed by atoms with Crippen LogP contribution in [0, 0.1) is 17.1 Å². The summed E-state index contributed by atoms with van der Waals surface area (Å²) in [4.78, 5) is 0. The minimum absolute atomic E-state index is 0.505. The molecule has 6 heteroatoms. The van der Waals surface area contributed by atoms with Gasteiger partial charge in [0.05, 0.1) is 10.6 Å². The van der Waals surface area contributed by atoms with Crippen molar-refractivity contribution in [3.63, 3.8) is 0 Å². The van der Waals surface area contributed by atoms with Crippen molar-refractivity contribution in [1.29, 1.82) is 5.26 Å². The maximum Gasteiger partial charge on any atom is 0.417 e. The summed E-state index contributed by atoms with van der Waals surface area (Å²) in [7, 11) is 0. The summed E-state index contributed by atoms with van der Waals surface area (Å²) in [6.07, 6.45) is -4.75. The van der Waals surface area contributed by atoms with Gasteiger partial charge in [0.2, 0.25) is 0 Å². The van der Waals surface area contributed by atoms with Gasteiger partial charge in [-0.3, -0.25) is 0 Å². The van der Waals surface area contributed by atoms with Gasteiger partial charge >= 0.3 is 6.18 Å². The quantitative estimate of drug-likeness (QED) is 0.619. The minimum atomic E-state index is -4.75. The number of benzene rings is 1. The van der Waals surface area contributed by atoms with E-state index in [4.69, 9.17) is 16.9 Å². The topological polar surface area (TPSA) is 23.8 Å². The highest BCUT2D eigenvalue weighted by Crippen LogP contribution is 2.34. The summed E-state index contributed by atoms with van der Waals surface area (Å²) in [6, 6.07) is 2.47. The van der Waals surface area contributed by atoms with E-state index < -0.39 is 28.1 Å². The van der Waals surface area contributed by atoms with Crippen molar-refractivity contribution in [3.05, 3.63) is 34.1 Å². The Morgan fingerprint density at radius 3 is 2.29 bits per heavy atom. The Kier molecular flexibility index (Phi) is 2.67. The molecule has 0 bridgehead atoms. The average Bonchev–Trinajstić information content (AvgIpc) is 2.07. The molecule has 0 fully saturated rings. The van der Waals surface area contributed by atoms with E-state index >= 15 is 0 Å². The first-order chi connectivity index (χ1) is 6.38. The maximum atomic E-state index is 12.9. The van der Waals surface area contributed by atoms with Gasteiger partial charge in [0.25, 0.3) is 0 Å². The van der Waals surface area contributed by atoms with Gasteiger partial charge in [0.1, 0.15) is 11.6 Å². The molecule has 0 spiro atoms. The average molecular weight is 224 g/mol. The normalized spacial score (nSPS) is 11.1. The van der Waals surface area contributed by atoms with E-state index in [1.165, 1.54) is 0 Å². The fourth-order valence-corrected chi connectivity index (χ4v) is 1.05. The molecular formula is C8H2ClF4N. The molecule has 1 aromatic carbocycles. The van der Waals surface area contributed by atoms with E-state index in [9.17, 15) is 17.6 Å². The standard InChI is InChI=1S/C8H2ClF4N/c9-6-2-1-5(8(11,12)13)4(3-14)7(6)10/h1-2H. The lowest BCUT2D eigenvalue weighted by Gasteiger charge is -2.09. The van der Waals surface area contributed by atoms with Crippen LogP contribution in [-0.2, 0) is 6.18 Å². The molecule has 0 N–H and O–H groups in total. The second kappa shape index (κ2) is 3.46. The van der Waals surface area contributed by atoms with Crippen LogP contribution in [0.3, 0.4) is 0 Å². The van der Waals surface area contributed by atoms with Crippen LogP contribution in [0.5, 0.6) is 0 Å². The molecular weight excluding hydrogens is 222 g/mol. The van der Waals surface area contributed by atoms with E-state index in [0.717, 1.165) is 12.1 Å². The molecule has 0 aliphatic rings. The zero-order chi connectivity index (χ0) is 10.9. The van der Waals surface area contributed by atoms with Gasteiger partial charge in [-0.05, 0) is 12.1 Å². The number of hydrogen-bond donors (Lipinski definition) is 0. The lowest BCUT2D eigenvalue weighted by Crippen LogP contribution is -2.09. The molecule has 0 radical (unpaired) electrons. The summed E-state index contributed by atoms with van der Waals surface area (Å²) < 4.78 is 49.5. The molecule has 74 valence electrons. The van der Waals surface area contributed by atoms with Crippen molar-refractivity contribution >= 4 is 11.6 Å². The first-order valence-corrected chi connectivity index (χ1v) is 3.71. The Labute approximate surface area is 81.5 Å². The number of hydrogen-bond acceptors (Lipinski definition) is 1. The smallest absolute Gasteiger partial charge is 0.204 e. The van der Waals surface area contributed by atoms with E-state index in [1.807, 2.05) is 0 Å². The summed E-state index contributed by atoms with van der Waals surface area (Å²) in [5.74, 6) is -1.34. The van der Waals surface area contributed by atoms with Crippen molar-refractivity contribution in [2.24, 2.45) is 0 Å². The largest absolute Gasteiger partial charge is 0.417 e. The van der Waals surface area contributed by atoms with Crippen molar-refractivity contribution < 1.29 is 17.6 Å². The first kappa shape index (κ1) is 10.8. The summed E-state index contributed by atoms with van der Waals surface area (Å²) in [5, 5.41) is 7.83. The van der Waals surface area contributed by atoms with Gasteiger partial charge in [0.15, 0.2) is 5.82 Å². The highest BCUT2D eigenvalue weighted by Gasteiger charge is 2.35. The number of halogens is 5. The maximum absolute atomic E-state index is 12.9. The second-order valence-corrected chi connectivity index (χ2v) is 2.80. The number of nitrogens with zero attached hydrogens (tertiary/aromatic N) is 1. The third kappa shape index (κ3) is 1.80. The van der Waals surface area contributed by atoms with Gasteiger partial charge in [-0.15, -0.1) is 0 Å². The SMILES string of the molecule is N#Cc1c(C(F)(F)F)ccc(Cl)c1F. The van der Waals surface area contributed by atoms with Crippen LogP contribution in [-0.4, -0.2) is 0 Å². The van der Waals surface area contributed by atoms with E-state index in [-0.39, 0.29) is 0 Å². The third-order valence-electron chi connectivity index (χ3n) is 1.51. The molecule has 1 aromatic rings. The molecule has 1 nitrogen and oxygen atoms in total. The predicted molar refractivity (Wildman–Crippen MR) is 41.1 cm³/mol. The van der Waals surface area contributed by atoms with E-state index in [2.05, 4.69) is 0 Å². The Bertz CT molecular complexity index is 405. The van der Waals surface area contributed by atoms with Crippen LogP contribution in [0.1, 0.15) is 11.1 Å². The molecule has 0 unspecified atom stereocenters. The Hall–Kier alpha value is -1.28. The first-order valence-electron chi connectivity index (χ1n) is 3.33. The van der Waals surface area contributed by atoms with Crippen LogP contribution in [0.4, 0.5) is 17.6 Å². The summed E-state index contributed by atoms with van der Waals surface area (Å²) in [6.45, 7) is 0. The van der Waals surface area contributed by atoms with Crippen LogP contribution in [0.25, 0.3) is 0 Å². The summed E-state index contributed by atoms with van der Waals surface area (Å²) in [5.41, 5.74) is -2.40. The molecule has 0 atom stereocenters. The molecule has 0 aliphatic carbocycles. The third-order valence-corrected chi connectivity index (χ3v) is 1.80. The van der Waals surface area contributed by atoms with Crippen molar-refractivity contribution in [2.45, 2.75) is 6.18 Å². The Morgan fingerprint density at radius 2 is 1.86 bits per heavy atom. The fraction of sp³-hybridized carbons (Fsp3) is 0.125. The number of nitriles is 1. The molecule has 0 heterocycles. The van der Waals surface area contributed by atoms with Crippen LogP contribution in [0.2, 0.25) is 5.02 Å². The highest BCUT2D eigenvalue weighted by atomic mass is 35.5. The fourth-order valence-electron chi connectivity index (χ4n) is 0.896. The molecule has 0 saturated heterocycles. The van der Waals surface area contributed by atoms with Gasteiger partial charge in [-0.25, -0.2) is 4.39 Å². The zero-order valence-electron chi connectivity index (χ0n) is 6.49. The highest BCUT2D eigenvalue weighted by molar-refractivity contribution is 6.30. The molecule has 0 aliphatic heterocycles.